The third-order valence-corrected chi connectivity index (χ3v) is 4.43. The van der Waals surface area contributed by atoms with Crippen LogP contribution in [0.4, 0.5) is 0 Å². The highest BCUT2D eigenvalue weighted by molar-refractivity contribution is 9.10. The average Bonchev–Trinajstić information content (AvgIpc) is 3.23. The maximum atomic E-state index is 12.8. The summed E-state index contributed by atoms with van der Waals surface area (Å²) in [6, 6.07) is 13.7. The number of tetrazole rings is 1. The maximum Gasteiger partial charge on any atom is 0.307 e. The first-order chi connectivity index (χ1) is 13.1. The molecule has 0 aliphatic carbocycles. The van der Waals surface area contributed by atoms with Gasteiger partial charge < -0.3 is 10.1 Å². The zero-order valence-electron chi connectivity index (χ0n) is 14.4. The number of nitrogens with zero attached hydrogens (tertiary/aromatic N) is 4. The topological polar surface area (TPSA) is 99.0 Å². The molecule has 1 heterocycles. The number of benzene rings is 2. The van der Waals surface area contributed by atoms with E-state index in [0.29, 0.717) is 11.3 Å². The van der Waals surface area contributed by atoms with Gasteiger partial charge in [0.2, 0.25) is 0 Å². The second kappa shape index (κ2) is 8.54. The van der Waals surface area contributed by atoms with Gasteiger partial charge in [0.15, 0.2) is 0 Å². The predicted molar refractivity (Wildman–Crippen MR) is 100 cm³/mol. The van der Waals surface area contributed by atoms with Gasteiger partial charge in [-0.3, -0.25) is 9.59 Å². The molecule has 0 saturated heterocycles. The third kappa shape index (κ3) is 4.76. The molecule has 8 nitrogen and oxygen atoms in total. The largest absolute Gasteiger partial charge is 0.469 e. The monoisotopic (exact) mass is 429 g/mol. The molecule has 138 valence electrons. The molecule has 0 saturated carbocycles. The molecule has 3 rings (SSSR count). The van der Waals surface area contributed by atoms with E-state index in [1.165, 1.54) is 18.1 Å². The van der Waals surface area contributed by atoms with Crippen molar-refractivity contribution in [2.24, 2.45) is 0 Å². The zero-order chi connectivity index (χ0) is 19.2. The number of hydrogen-bond donors (Lipinski definition) is 1. The maximum absolute atomic E-state index is 12.8. The standard InChI is InChI=1S/C18H16BrN5O3/c1-27-17(25)10-16(12-5-7-14(19)8-6-12)21-18(26)13-3-2-4-15(9-13)24-11-20-22-23-24/h2-9,11,16H,10H2,1H3,(H,21,26). The van der Waals surface area contributed by atoms with Gasteiger partial charge in [-0.15, -0.1) is 5.10 Å². The number of carbonyl (C=O) groups is 2. The van der Waals surface area contributed by atoms with Gasteiger partial charge in [-0.2, -0.15) is 0 Å². The van der Waals surface area contributed by atoms with Crippen LogP contribution in [0.1, 0.15) is 28.4 Å². The quantitative estimate of drug-likeness (QED) is 0.604. The molecule has 1 aromatic heterocycles. The van der Waals surface area contributed by atoms with Gasteiger partial charge in [-0.05, 0) is 46.3 Å². The van der Waals surface area contributed by atoms with Gasteiger partial charge in [-0.25, -0.2) is 4.68 Å². The summed E-state index contributed by atoms with van der Waals surface area (Å²) in [7, 11) is 1.32. The van der Waals surface area contributed by atoms with Crippen molar-refractivity contribution in [2.75, 3.05) is 7.11 Å². The van der Waals surface area contributed by atoms with Crippen LogP contribution in [0, 0.1) is 0 Å². The number of rotatable bonds is 6. The first-order valence-corrected chi connectivity index (χ1v) is 8.82. The second-order valence-corrected chi connectivity index (χ2v) is 6.58. The summed E-state index contributed by atoms with van der Waals surface area (Å²) in [4.78, 5) is 24.5. The fraction of sp³-hybridized carbons (Fsp3) is 0.167. The Morgan fingerprint density at radius 2 is 2.00 bits per heavy atom. The Morgan fingerprint density at radius 1 is 1.22 bits per heavy atom. The molecule has 0 fully saturated rings. The highest BCUT2D eigenvalue weighted by Crippen LogP contribution is 2.21. The van der Waals surface area contributed by atoms with Crippen LogP contribution in [0.2, 0.25) is 0 Å². The summed E-state index contributed by atoms with van der Waals surface area (Å²) in [5, 5.41) is 13.9. The number of halogens is 1. The Balaban J connectivity index is 1.82. The van der Waals surface area contributed by atoms with Gasteiger partial charge in [0.1, 0.15) is 6.33 Å². The molecular weight excluding hydrogens is 414 g/mol. The molecular formula is C18H16BrN5O3. The number of methoxy groups -OCH3 is 1. The summed E-state index contributed by atoms with van der Waals surface area (Å²) in [5.41, 5.74) is 1.88. The second-order valence-electron chi connectivity index (χ2n) is 5.66. The van der Waals surface area contributed by atoms with E-state index >= 15 is 0 Å². The first kappa shape index (κ1) is 18.7. The van der Waals surface area contributed by atoms with Gasteiger partial charge in [0, 0.05) is 10.0 Å². The van der Waals surface area contributed by atoms with E-state index in [-0.39, 0.29) is 12.3 Å². The summed E-state index contributed by atoms with van der Waals surface area (Å²) < 4.78 is 7.12. The van der Waals surface area contributed by atoms with Gasteiger partial charge in [-0.1, -0.05) is 34.1 Å². The summed E-state index contributed by atoms with van der Waals surface area (Å²) in [6.07, 6.45) is 1.47. The van der Waals surface area contributed by atoms with Gasteiger partial charge in [0.25, 0.3) is 5.91 Å². The Bertz CT molecular complexity index is 928. The molecule has 0 aliphatic rings. The van der Waals surface area contributed by atoms with Crippen molar-refractivity contribution in [3.8, 4) is 5.69 Å². The van der Waals surface area contributed by atoms with Crippen molar-refractivity contribution in [1.82, 2.24) is 25.5 Å². The number of esters is 1. The molecule has 2 aromatic carbocycles. The Hall–Kier alpha value is -3.07. The van der Waals surface area contributed by atoms with Crippen molar-refractivity contribution in [1.29, 1.82) is 0 Å². The van der Waals surface area contributed by atoms with Crippen LogP contribution in [-0.4, -0.2) is 39.2 Å². The van der Waals surface area contributed by atoms with Crippen LogP contribution >= 0.6 is 15.9 Å². The molecule has 1 atom stereocenters. The number of hydrogen-bond acceptors (Lipinski definition) is 6. The van der Waals surface area contributed by atoms with Crippen molar-refractivity contribution in [2.45, 2.75) is 12.5 Å². The smallest absolute Gasteiger partial charge is 0.307 e. The fourth-order valence-electron chi connectivity index (χ4n) is 2.51. The highest BCUT2D eigenvalue weighted by Gasteiger charge is 2.20. The molecule has 0 spiro atoms. The van der Waals surface area contributed by atoms with E-state index in [4.69, 9.17) is 4.74 Å². The number of amides is 1. The molecule has 0 aliphatic heterocycles. The summed E-state index contributed by atoms with van der Waals surface area (Å²) in [5.74, 6) is -0.729. The van der Waals surface area contributed by atoms with E-state index in [9.17, 15) is 9.59 Å². The molecule has 9 heteroatoms. The number of ether oxygens (including phenoxy) is 1. The molecule has 0 radical (unpaired) electrons. The van der Waals surface area contributed by atoms with Crippen molar-refractivity contribution >= 4 is 27.8 Å². The van der Waals surface area contributed by atoms with Crippen LogP contribution in [0.5, 0.6) is 0 Å². The SMILES string of the molecule is COC(=O)CC(NC(=O)c1cccc(-n2cnnn2)c1)c1ccc(Br)cc1. The van der Waals surface area contributed by atoms with Crippen LogP contribution in [0.25, 0.3) is 5.69 Å². The number of nitrogens with one attached hydrogen (secondary N) is 1. The van der Waals surface area contributed by atoms with Crippen LogP contribution < -0.4 is 5.32 Å². The number of carbonyl (C=O) groups excluding carboxylic acids is 2. The van der Waals surface area contributed by atoms with Crippen molar-refractivity contribution in [3.63, 3.8) is 0 Å². The third-order valence-electron chi connectivity index (χ3n) is 3.90. The Kier molecular flexibility index (Phi) is 5.92. The minimum absolute atomic E-state index is 0.0244. The lowest BCUT2D eigenvalue weighted by molar-refractivity contribution is -0.141. The first-order valence-electron chi connectivity index (χ1n) is 8.03. The molecule has 1 unspecified atom stereocenters. The fourth-order valence-corrected chi connectivity index (χ4v) is 2.77. The molecule has 1 amide bonds. The molecule has 3 aromatic rings. The van der Waals surface area contributed by atoms with Gasteiger partial charge >= 0.3 is 5.97 Å². The Labute approximate surface area is 163 Å². The minimum Gasteiger partial charge on any atom is -0.469 e. The molecule has 0 bridgehead atoms. The van der Waals surface area contributed by atoms with E-state index in [0.717, 1.165) is 10.0 Å². The Morgan fingerprint density at radius 3 is 2.67 bits per heavy atom. The number of aromatic nitrogens is 4. The molecule has 27 heavy (non-hydrogen) atoms. The van der Waals surface area contributed by atoms with E-state index in [1.54, 1.807) is 24.3 Å². The van der Waals surface area contributed by atoms with E-state index < -0.39 is 12.0 Å². The van der Waals surface area contributed by atoms with E-state index in [1.807, 2.05) is 24.3 Å². The zero-order valence-corrected chi connectivity index (χ0v) is 16.0. The van der Waals surface area contributed by atoms with Crippen molar-refractivity contribution in [3.05, 3.63) is 70.5 Å². The van der Waals surface area contributed by atoms with E-state index in [2.05, 4.69) is 36.8 Å². The molecule has 1 N–H and O–H groups in total. The lowest BCUT2D eigenvalue weighted by Gasteiger charge is -2.18. The van der Waals surface area contributed by atoms with Crippen LogP contribution in [0.15, 0.2) is 59.3 Å². The summed E-state index contributed by atoms with van der Waals surface area (Å²) >= 11 is 3.38. The van der Waals surface area contributed by atoms with Crippen molar-refractivity contribution < 1.29 is 14.3 Å². The lowest BCUT2D eigenvalue weighted by atomic mass is 10.0. The van der Waals surface area contributed by atoms with Gasteiger partial charge in [0.05, 0.1) is 25.3 Å². The average molecular weight is 430 g/mol. The predicted octanol–water partition coefficient (Wildman–Crippen LogP) is 2.46. The van der Waals surface area contributed by atoms with Crippen LogP contribution in [0.3, 0.4) is 0 Å². The summed E-state index contributed by atoms with van der Waals surface area (Å²) in [6.45, 7) is 0. The highest BCUT2D eigenvalue weighted by atomic mass is 79.9. The normalized spacial score (nSPS) is 11.6. The minimum atomic E-state index is -0.519. The van der Waals surface area contributed by atoms with Crippen LogP contribution in [-0.2, 0) is 9.53 Å². The lowest BCUT2D eigenvalue weighted by Crippen LogP contribution is -2.30.